The van der Waals surface area contributed by atoms with Gasteiger partial charge in [0.1, 0.15) is 11.3 Å². The standard InChI is InChI=1S/C16H25NO3S/c1-5-19-15(18)16(17-11(2)3)8-6-13(10-16)21-14-7-9-20-12(14)4/h7,9,11,13,17H,5-6,8,10H2,1-4H3. The van der Waals surface area contributed by atoms with Crippen molar-refractivity contribution in [2.24, 2.45) is 0 Å². The Morgan fingerprint density at radius 3 is 2.95 bits per heavy atom. The van der Waals surface area contributed by atoms with Crippen LogP contribution in [0.25, 0.3) is 0 Å². The number of hydrogen-bond acceptors (Lipinski definition) is 5. The van der Waals surface area contributed by atoms with Gasteiger partial charge in [-0.15, -0.1) is 11.8 Å². The van der Waals surface area contributed by atoms with E-state index in [1.807, 2.05) is 31.7 Å². The molecule has 1 aliphatic rings. The summed E-state index contributed by atoms with van der Waals surface area (Å²) in [5.41, 5.74) is -0.528. The Morgan fingerprint density at radius 1 is 1.62 bits per heavy atom. The zero-order chi connectivity index (χ0) is 15.5. The van der Waals surface area contributed by atoms with Gasteiger partial charge in [0.05, 0.1) is 12.9 Å². The number of esters is 1. The summed E-state index contributed by atoms with van der Waals surface area (Å²) in [5, 5.41) is 3.87. The van der Waals surface area contributed by atoms with Crippen molar-refractivity contribution in [3.8, 4) is 0 Å². The Hall–Kier alpha value is -0.940. The van der Waals surface area contributed by atoms with E-state index >= 15 is 0 Å². The van der Waals surface area contributed by atoms with E-state index in [-0.39, 0.29) is 12.0 Å². The fraction of sp³-hybridized carbons (Fsp3) is 0.688. The van der Waals surface area contributed by atoms with Crippen molar-refractivity contribution in [2.75, 3.05) is 6.61 Å². The molecule has 0 bridgehead atoms. The van der Waals surface area contributed by atoms with Crippen LogP contribution >= 0.6 is 11.8 Å². The monoisotopic (exact) mass is 311 g/mol. The second-order valence-electron chi connectivity index (χ2n) is 5.93. The summed E-state index contributed by atoms with van der Waals surface area (Å²) in [6.07, 6.45) is 4.36. The van der Waals surface area contributed by atoms with E-state index in [1.165, 1.54) is 4.90 Å². The molecule has 2 rings (SSSR count). The van der Waals surface area contributed by atoms with Gasteiger partial charge in [-0.25, -0.2) is 0 Å². The molecule has 0 amide bonds. The van der Waals surface area contributed by atoms with Gasteiger partial charge in [-0.2, -0.15) is 0 Å². The summed E-state index contributed by atoms with van der Waals surface area (Å²) in [6, 6.07) is 2.26. The minimum Gasteiger partial charge on any atom is -0.468 e. The van der Waals surface area contributed by atoms with Crippen LogP contribution in [0.15, 0.2) is 21.6 Å². The number of nitrogens with one attached hydrogen (secondary N) is 1. The van der Waals surface area contributed by atoms with Gasteiger partial charge in [0.2, 0.25) is 0 Å². The lowest BCUT2D eigenvalue weighted by atomic mass is 9.96. The van der Waals surface area contributed by atoms with Crippen molar-refractivity contribution in [3.63, 3.8) is 0 Å². The van der Waals surface area contributed by atoms with Crippen LogP contribution in [0, 0.1) is 6.92 Å². The van der Waals surface area contributed by atoms with E-state index < -0.39 is 5.54 Å². The molecule has 2 unspecified atom stereocenters. The van der Waals surface area contributed by atoms with E-state index in [9.17, 15) is 4.79 Å². The normalized spacial score (nSPS) is 25.5. The van der Waals surface area contributed by atoms with Crippen molar-refractivity contribution in [3.05, 3.63) is 18.1 Å². The summed E-state index contributed by atoms with van der Waals surface area (Å²) in [4.78, 5) is 13.6. The average Bonchev–Trinajstić information content (AvgIpc) is 2.98. The molecule has 1 N–H and O–H groups in total. The maximum atomic E-state index is 12.4. The van der Waals surface area contributed by atoms with Gasteiger partial charge < -0.3 is 9.15 Å². The number of ether oxygens (including phenoxy) is 1. The first-order chi connectivity index (χ1) is 9.97. The topological polar surface area (TPSA) is 51.5 Å². The third-order valence-corrected chi connectivity index (χ3v) is 5.22. The first-order valence-electron chi connectivity index (χ1n) is 7.62. The molecule has 2 atom stereocenters. The van der Waals surface area contributed by atoms with Crippen LogP contribution in [0.1, 0.15) is 45.8 Å². The van der Waals surface area contributed by atoms with Crippen LogP contribution in [-0.4, -0.2) is 29.4 Å². The molecule has 1 heterocycles. The van der Waals surface area contributed by atoms with E-state index in [1.54, 1.807) is 6.26 Å². The molecule has 21 heavy (non-hydrogen) atoms. The predicted molar refractivity (Wildman–Crippen MR) is 84.6 cm³/mol. The minimum absolute atomic E-state index is 0.106. The molecule has 1 fully saturated rings. The Labute approximate surface area is 131 Å². The van der Waals surface area contributed by atoms with E-state index in [0.29, 0.717) is 11.9 Å². The second-order valence-corrected chi connectivity index (χ2v) is 7.27. The quantitative estimate of drug-likeness (QED) is 0.815. The summed E-state index contributed by atoms with van der Waals surface area (Å²) in [6.45, 7) is 8.40. The van der Waals surface area contributed by atoms with Gasteiger partial charge in [0.15, 0.2) is 0 Å². The Balaban J connectivity index is 2.07. The molecular weight excluding hydrogens is 286 g/mol. The second kappa shape index (κ2) is 6.88. The molecule has 1 saturated carbocycles. The Kier molecular flexibility index (Phi) is 5.38. The lowest BCUT2D eigenvalue weighted by Crippen LogP contribution is -2.54. The third kappa shape index (κ3) is 3.83. The number of rotatable bonds is 6. The van der Waals surface area contributed by atoms with Crippen LogP contribution in [0.3, 0.4) is 0 Å². The lowest BCUT2D eigenvalue weighted by Gasteiger charge is -2.30. The highest BCUT2D eigenvalue weighted by atomic mass is 32.2. The molecular formula is C16H25NO3S. The molecule has 118 valence electrons. The van der Waals surface area contributed by atoms with Crippen LogP contribution in [0.5, 0.6) is 0 Å². The number of aryl methyl sites for hydroxylation is 1. The molecule has 0 radical (unpaired) electrons. The van der Waals surface area contributed by atoms with Crippen molar-refractivity contribution in [1.82, 2.24) is 5.32 Å². The van der Waals surface area contributed by atoms with Crippen LogP contribution < -0.4 is 5.32 Å². The first kappa shape index (κ1) is 16.4. The van der Waals surface area contributed by atoms with Crippen LogP contribution in [-0.2, 0) is 9.53 Å². The lowest BCUT2D eigenvalue weighted by molar-refractivity contribution is -0.151. The largest absolute Gasteiger partial charge is 0.468 e. The van der Waals surface area contributed by atoms with Gasteiger partial charge in [-0.3, -0.25) is 10.1 Å². The van der Waals surface area contributed by atoms with E-state index in [2.05, 4.69) is 19.2 Å². The average molecular weight is 311 g/mol. The van der Waals surface area contributed by atoms with Gasteiger partial charge in [-0.05, 0) is 53.0 Å². The van der Waals surface area contributed by atoms with Gasteiger partial charge in [-0.1, -0.05) is 0 Å². The fourth-order valence-electron chi connectivity index (χ4n) is 2.97. The smallest absolute Gasteiger partial charge is 0.326 e. The molecule has 1 aromatic heterocycles. The molecule has 5 heteroatoms. The van der Waals surface area contributed by atoms with E-state index in [0.717, 1.165) is 25.0 Å². The summed E-state index contributed by atoms with van der Waals surface area (Å²) < 4.78 is 10.7. The van der Waals surface area contributed by atoms with Crippen LogP contribution in [0.4, 0.5) is 0 Å². The number of carbonyl (C=O) groups excluding carboxylic acids is 1. The summed E-state index contributed by atoms with van der Waals surface area (Å²) >= 11 is 1.81. The molecule has 0 spiro atoms. The fourth-order valence-corrected chi connectivity index (χ4v) is 4.28. The van der Waals surface area contributed by atoms with Crippen molar-refractivity contribution >= 4 is 17.7 Å². The number of hydrogen-bond donors (Lipinski definition) is 1. The van der Waals surface area contributed by atoms with Crippen molar-refractivity contribution < 1.29 is 13.9 Å². The number of carbonyl (C=O) groups is 1. The Bertz CT molecular complexity index is 486. The van der Waals surface area contributed by atoms with Gasteiger partial charge >= 0.3 is 5.97 Å². The highest BCUT2D eigenvalue weighted by molar-refractivity contribution is 8.00. The Morgan fingerprint density at radius 2 is 2.38 bits per heavy atom. The number of thioether (sulfide) groups is 1. The SMILES string of the molecule is CCOC(=O)C1(NC(C)C)CCC(Sc2ccoc2C)C1. The van der Waals surface area contributed by atoms with Crippen LogP contribution in [0.2, 0.25) is 0 Å². The predicted octanol–water partition coefficient (Wildman–Crippen LogP) is 3.53. The summed E-state index contributed by atoms with van der Waals surface area (Å²) in [7, 11) is 0. The zero-order valence-corrected chi connectivity index (χ0v) is 14.1. The number of furan rings is 1. The minimum atomic E-state index is -0.528. The molecule has 0 aromatic carbocycles. The highest BCUT2D eigenvalue weighted by Crippen LogP contribution is 2.42. The molecule has 1 aliphatic carbocycles. The van der Waals surface area contributed by atoms with E-state index in [4.69, 9.17) is 9.15 Å². The molecule has 0 aliphatic heterocycles. The van der Waals surface area contributed by atoms with Gasteiger partial charge in [0, 0.05) is 16.2 Å². The zero-order valence-electron chi connectivity index (χ0n) is 13.3. The highest BCUT2D eigenvalue weighted by Gasteiger charge is 2.47. The van der Waals surface area contributed by atoms with Crippen molar-refractivity contribution in [1.29, 1.82) is 0 Å². The summed E-state index contributed by atoms with van der Waals surface area (Å²) in [5.74, 6) is 0.844. The maximum Gasteiger partial charge on any atom is 0.326 e. The molecule has 4 nitrogen and oxygen atoms in total. The maximum absolute atomic E-state index is 12.4. The molecule has 0 saturated heterocycles. The third-order valence-electron chi connectivity index (χ3n) is 3.81. The molecule has 1 aromatic rings. The van der Waals surface area contributed by atoms with Crippen molar-refractivity contribution in [2.45, 2.75) is 68.7 Å². The first-order valence-corrected chi connectivity index (χ1v) is 8.50. The van der Waals surface area contributed by atoms with Gasteiger partial charge in [0.25, 0.3) is 0 Å².